The second-order valence-electron chi connectivity index (χ2n) is 7.91. The van der Waals surface area contributed by atoms with Gasteiger partial charge in [0.25, 0.3) is 11.8 Å². The molecule has 3 aromatic rings. The van der Waals surface area contributed by atoms with E-state index in [2.05, 4.69) is 16.0 Å². The van der Waals surface area contributed by atoms with Crippen molar-refractivity contribution in [3.05, 3.63) is 89.5 Å². The highest BCUT2D eigenvalue weighted by Gasteiger charge is 2.31. The molecule has 1 aliphatic rings. The molecular weight excluding hydrogens is 447 g/mol. The Hall–Kier alpha value is -4.14. The molecule has 0 saturated heterocycles. The first-order valence-electron chi connectivity index (χ1n) is 10.5. The summed E-state index contributed by atoms with van der Waals surface area (Å²) in [6.07, 6.45) is -2.74. The van der Waals surface area contributed by atoms with E-state index in [1.54, 1.807) is 36.4 Å². The van der Waals surface area contributed by atoms with Gasteiger partial charge in [-0.25, -0.2) is 0 Å². The molecular formula is C25H20F3N3O3. The summed E-state index contributed by atoms with van der Waals surface area (Å²) in [5, 5.41) is 7.90. The number of hydrogen-bond acceptors (Lipinski definition) is 3. The largest absolute Gasteiger partial charge is 0.416 e. The lowest BCUT2D eigenvalue weighted by molar-refractivity contribution is -0.137. The molecule has 1 fully saturated rings. The second-order valence-corrected chi connectivity index (χ2v) is 7.91. The van der Waals surface area contributed by atoms with Crippen LogP contribution in [0.5, 0.6) is 0 Å². The molecule has 0 radical (unpaired) electrons. The van der Waals surface area contributed by atoms with Crippen molar-refractivity contribution in [3.63, 3.8) is 0 Å². The minimum Gasteiger partial charge on any atom is -0.326 e. The van der Waals surface area contributed by atoms with Crippen molar-refractivity contribution in [2.24, 2.45) is 5.92 Å². The van der Waals surface area contributed by atoms with Crippen molar-refractivity contribution in [1.29, 1.82) is 0 Å². The summed E-state index contributed by atoms with van der Waals surface area (Å²) in [5.74, 6) is -1.000. The molecule has 0 unspecified atom stereocenters. The zero-order chi connectivity index (χ0) is 24.3. The van der Waals surface area contributed by atoms with Gasteiger partial charge in [0.1, 0.15) is 0 Å². The maximum Gasteiger partial charge on any atom is 0.416 e. The van der Waals surface area contributed by atoms with Crippen LogP contribution in [-0.2, 0) is 11.0 Å². The van der Waals surface area contributed by atoms with E-state index in [4.69, 9.17) is 0 Å². The van der Waals surface area contributed by atoms with E-state index in [0.29, 0.717) is 16.9 Å². The van der Waals surface area contributed by atoms with E-state index in [0.717, 1.165) is 25.0 Å². The normalized spacial score (nSPS) is 13.1. The number of nitrogens with one attached hydrogen (secondary N) is 3. The van der Waals surface area contributed by atoms with Gasteiger partial charge in [-0.2, -0.15) is 13.2 Å². The van der Waals surface area contributed by atoms with Gasteiger partial charge in [0.15, 0.2) is 0 Å². The van der Waals surface area contributed by atoms with Crippen LogP contribution >= 0.6 is 0 Å². The predicted octanol–water partition coefficient (Wildman–Crippen LogP) is 5.56. The first-order valence-corrected chi connectivity index (χ1v) is 10.5. The number of rotatable bonds is 6. The summed E-state index contributed by atoms with van der Waals surface area (Å²) in [6.45, 7) is 0. The van der Waals surface area contributed by atoms with Gasteiger partial charge in [0.2, 0.25) is 5.91 Å². The smallest absolute Gasteiger partial charge is 0.326 e. The van der Waals surface area contributed by atoms with Gasteiger partial charge in [-0.1, -0.05) is 12.1 Å². The number of anilines is 3. The Bertz CT molecular complexity index is 1240. The molecule has 3 N–H and O–H groups in total. The summed E-state index contributed by atoms with van der Waals surface area (Å²) >= 11 is 0. The Morgan fingerprint density at radius 3 is 1.88 bits per heavy atom. The zero-order valence-corrected chi connectivity index (χ0v) is 17.8. The molecule has 34 heavy (non-hydrogen) atoms. The van der Waals surface area contributed by atoms with Crippen molar-refractivity contribution in [2.45, 2.75) is 19.0 Å². The Kier molecular flexibility index (Phi) is 6.36. The van der Waals surface area contributed by atoms with Gasteiger partial charge in [0.05, 0.1) is 5.56 Å². The average Bonchev–Trinajstić information content (AvgIpc) is 3.65. The lowest BCUT2D eigenvalue weighted by Gasteiger charge is -2.11. The predicted molar refractivity (Wildman–Crippen MR) is 122 cm³/mol. The van der Waals surface area contributed by atoms with Crippen LogP contribution in [0.15, 0.2) is 72.8 Å². The maximum atomic E-state index is 12.9. The van der Waals surface area contributed by atoms with Crippen LogP contribution < -0.4 is 16.0 Å². The summed E-state index contributed by atoms with van der Waals surface area (Å²) in [6, 6.07) is 16.8. The number of benzene rings is 3. The summed E-state index contributed by atoms with van der Waals surface area (Å²) in [5.41, 5.74) is 0.582. The minimum absolute atomic E-state index is 0.00290. The standard InChI is InChI=1S/C25H20F3N3O3/c26-25(27,28)18-4-2-6-21(14-18)31-24(34)17-3-1-5-20(13-17)30-23(33)16-9-11-19(12-10-16)29-22(32)15-7-8-15/h1-6,9-15H,7-8H2,(H,29,32)(H,30,33)(H,31,34). The van der Waals surface area contributed by atoms with E-state index < -0.39 is 23.6 Å². The summed E-state index contributed by atoms with van der Waals surface area (Å²) < 4.78 is 38.6. The number of halogens is 3. The Morgan fingerprint density at radius 1 is 0.676 bits per heavy atom. The molecule has 0 heterocycles. The lowest BCUT2D eigenvalue weighted by Crippen LogP contribution is -2.15. The number of alkyl halides is 3. The Labute approximate surface area is 193 Å². The topological polar surface area (TPSA) is 87.3 Å². The highest BCUT2D eigenvalue weighted by atomic mass is 19.4. The van der Waals surface area contributed by atoms with Gasteiger partial charge in [-0.3, -0.25) is 14.4 Å². The summed E-state index contributed by atoms with van der Waals surface area (Å²) in [7, 11) is 0. The van der Waals surface area contributed by atoms with Crippen LogP contribution in [0.2, 0.25) is 0 Å². The van der Waals surface area contributed by atoms with Crippen LogP contribution in [-0.4, -0.2) is 17.7 Å². The quantitative estimate of drug-likeness (QED) is 0.444. The molecule has 0 spiro atoms. The monoisotopic (exact) mass is 467 g/mol. The van der Waals surface area contributed by atoms with E-state index >= 15 is 0 Å². The van der Waals surface area contributed by atoms with Gasteiger partial charge >= 0.3 is 6.18 Å². The third-order valence-electron chi connectivity index (χ3n) is 5.19. The van der Waals surface area contributed by atoms with Crippen molar-refractivity contribution in [2.75, 3.05) is 16.0 Å². The molecule has 0 bridgehead atoms. The highest BCUT2D eigenvalue weighted by molar-refractivity contribution is 6.07. The van der Waals surface area contributed by atoms with Crippen molar-refractivity contribution in [3.8, 4) is 0 Å². The second kappa shape index (κ2) is 9.38. The number of carbonyl (C=O) groups is 3. The van der Waals surface area contributed by atoms with Gasteiger partial charge in [-0.05, 0) is 73.5 Å². The van der Waals surface area contributed by atoms with Crippen molar-refractivity contribution >= 4 is 34.8 Å². The fraction of sp³-hybridized carbons (Fsp3) is 0.160. The Morgan fingerprint density at radius 2 is 1.26 bits per heavy atom. The van der Waals surface area contributed by atoms with E-state index in [1.807, 2.05) is 0 Å². The molecule has 6 nitrogen and oxygen atoms in total. The van der Waals surface area contributed by atoms with E-state index in [1.165, 1.54) is 24.3 Å². The third-order valence-corrected chi connectivity index (χ3v) is 5.19. The van der Waals surface area contributed by atoms with Crippen LogP contribution in [0.1, 0.15) is 39.1 Å². The molecule has 0 atom stereocenters. The summed E-state index contributed by atoms with van der Waals surface area (Å²) in [4.78, 5) is 36.9. The van der Waals surface area contributed by atoms with Crippen molar-refractivity contribution < 1.29 is 27.6 Å². The van der Waals surface area contributed by atoms with E-state index in [-0.39, 0.29) is 23.1 Å². The number of carbonyl (C=O) groups excluding carboxylic acids is 3. The first-order chi connectivity index (χ1) is 16.2. The Balaban J connectivity index is 1.39. The molecule has 4 rings (SSSR count). The van der Waals surface area contributed by atoms with Crippen LogP contribution in [0.4, 0.5) is 30.2 Å². The van der Waals surface area contributed by atoms with Crippen LogP contribution in [0.25, 0.3) is 0 Å². The zero-order valence-electron chi connectivity index (χ0n) is 17.8. The first kappa shape index (κ1) is 23.0. The molecule has 0 aliphatic heterocycles. The van der Waals surface area contributed by atoms with Crippen LogP contribution in [0.3, 0.4) is 0 Å². The molecule has 1 aliphatic carbocycles. The molecule has 1 saturated carbocycles. The lowest BCUT2D eigenvalue weighted by atomic mass is 10.1. The fourth-order valence-corrected chi connectivity index (χ4v) is 3.21. The third kappa shape index (κ3) is 5.80. The molecule has 3 aromatic carbocycles. The van der Waals surface area contributed by atoms with Gasteiger partial charge in [-0.15, -0.1) is 0 Å². The van der Waals surface area contributed by atoms with E-state index in [9.17, 15) is 27.6 Å². The molecule has 0 aromatic heterocycles. The average molecular weight is 467 g/mol. The SMILES string of the molecule is O=C(Nc1cccc(C(=O)Nc2cccc(C(F)(F)F)c2)c1)c1ccc(NC(=O)C2CC2)cc1. The van der Waals surface area contributed by atoms with Crippen LogP contribution in [0, 0.1) is 5.92 Å². The minimum atomic E-state index is -4.52. The number of hydrogen-bond donors (Lipinski definition) is 3. The highest BCUT2D eigenvalue weighted by Crippen LogP contribution is 2.31. The maximum absolute atomic E-state index is 12.9. The fourth-order valence-electron chi connectivity index (χ4n) is 3.21. The molecule has 9 heteroatoms. The number of amides is 3. The van der Waals surface area contributed by atoms with Gasteiger partial charge in [0, 0.05) is 34.1 Å². The molecule has 3 amide bonds. The van der Waals surface area contributed by atoms with Gasteiger partial charge < -0.3 is 16.0 Å². The van der Waals surface area contributed by atoms with Crippen molar-refractivity contribution in [1.82, 2.24) is 0 Å². The molecule has 174 valence electrons.